The van der Waals surface area contributed by atoms with E-state index in [9.17, 15) is 8.42 Å². The first-order chi connectivity index (χ1) is 9.79. The van der Waals surface area contributed by atoms with Crippen LogP contribution in [0.4, 0.5) is 5.69 Å². The van der Waals surface area contributed by atoms with Crippen LogP contribution < -0.4 is 10.5 Å². The normalized spacial score (nSPS) is 21.6. The molecule has 2 rings (SSSR count). The summed E-state index contributed by atoms with van der Waals surface area (Å²) >= 11 is 0. The van der Waals surface area contributed by atoms with Crippen LogP contribution in [0.25, 0.3) is 0 Å². The lowest BCUT2D eigenvalue weighted by Gasteiger charge is -2.37. The number of benzene rings is 1. The van der Waals surface area contributed by atoms with E-state index in [1.807, 2.05) is 14.0 Å². The van der Waals surface area contributed by atoms with Gasteiger partial charge in [0.25, 0.3) is 0 Å². The SMILES string of the molecule is Cc1ccc(S(=O)(=O)NCC2CN(C)CCN2C)cc1N. The highest BCUT2D eigenvalue weighted by Crippen LogP contribution is 2.17. The molecule has 6 nitrogen and oxygen atoms in total. The summed E-state index contributed by atoms with van der Waals surface area (Å²) in [5.41, 5.74) is 7.16. The number of sulfonamides is 1. The number of nitrogens with zero attached hydrogens (tertiary/aromatic N) is 2. The summed E-state index contributed by atoms with van der Waals surface area (Å²) in [6, 6.07) is 5.00. The second kappa shape index (κ2) is 6.31. The van der Waals surface area contributed by atoms with E-state index in [-0.39, 0.29) is 10.9 Å². The van der Waals surface area contributed by atoms with Crippen LogP contribution in [0.15, 0.2) is 23.1 Å². The van der Waals surface area contributed by atoms with Gasteiger partial charge in [-0.05, 0) is 38.7 Å². The third-order valence-electron chi connectivity index (χ3n) is 4.05. The summed E-state index contributed by atoms with van der Waals surface area (Å²) in [7, 11) is 0.559. The van der Waals surface area contributed by atoms with Crippen molar-refractivity contribution in [2.24, 2.45) is 0 Å². The molecule has 21 heavy (non-hydrogen) atoms. The van der Waals surface area contributed by atoms with Gasteiger partial charge < -0.3 is 10.6 Å². The summed E-state index contributed by atoms with van der Waals surface area (Å²) < 4.78 is 27.3. The number of aryl methyl sites for hydroxylation is 1. The van der Waals surface area contributed by atoms with Gasteiger partial charge in [0, 0.05) is 37.9 Å². The molecule has 7 heteroatoms. The number of rotatable bonds is 4. The van der Waals surface area contributed by atoms with Crippen molar-refractivity contribution in [3.05, 3.63) is 23.8 Å². The summed E-state index contributed by atoms with van der Waals surface area (Å²) in [5.74, 6) is 0. The number of hydrogen-bond acceptors (Lipinski definition) is 5. The monoisotopic (exact) mass is 312 g/mol. The Morgan fingerprint density at radius 2 is 2.05 bits per heavy atom. The van der Waals surface area contributed by atoms with E-state index in [0.717, 1.165) is 25.2 Å². The Hall–Kier alpha value is -1.15. The maximum atomic E-state index is 12.3. The van der Waals surface area contributed by atoms with Gasteiger partial charge in [-0.15, -0.1) is 0 Å². The summed E-state index contributed by atoms with van der Waals surface area (Å²) in [6.45, 7) is 5.06. The molecule has 0 radical (unpaired) electrons. The minimum absolute atomic E-state index is 0.182. The highest BCUT2D eigenvalue weighted by atomic mass is 32.2. The van der Waals surface area contributed by atoms with Gasteiger partial charge in [-0.25, -0.2) is 13.1 Å². The van der Waals surface area contributed by atoms with Crippen molar-refractivity contribution < 1.29 is 8.42 Å². The van der Waals surface area contributed by atoms with Gasteiger partial charge in [0.2, 0.25) is 10.0 Å². The fourth-order valence-corrected chi connectivity index (χ4v) is 3.50. The Kier molecular flexibility index (Phi) is 4.88. The second-order valence-corrected chi connectivity index (χ2v) is 7.53. The number of nitrogens with two attached hydrogens (primary N) is 1. The lowest BCUT2D eigenvalue weighted by molar-refractivity contribution is 0.117. The molecule has 1 saturated heterocycles. The van der Waals surface area contributed by atoms with E-state index in [2.05, 4.69) is 21.6 Å². The average Bonchev–Trinajstić information content (AvgIpc) is 2.43. The smallest absolute Gasteiger partial charge is 0.240 e. The van der Waals surface area contributed by atoms with Gasteiger partial charge in [-0.3, -0.25) is 4.90 Å². The van der Waals surface area contributed by atoms with E-state index in [4.69, 9.17) is 5.73 Å². The maximum Gasteiger partial charge on any atom is 0.240 e. The summed E-state index contributed by atoms with van der Waals surface area (Å²) in [5, 5.41) is 0. The Bertz CT molecular complexity index is 603. The first kappa shape index (κ1) is 16.2. The molecular formula is C14H24N4O2S. The van der Waals surface area contributed by atoms with Crippen LogP contribution in [0.3, 0.4) is 0 Å². The molecule has 0 aliphatic carbocycles. The standard InChI is InChI=1S/C14H24N4O2S/c1-11-4-5-13(8-14(11)15)21(19,20)16-9-12-10-17(2)6-7-18(12)3/h4-5,8,12,16H,6-7,9-10,15H2,1-3H3. The first-order valence-corrected chi connectivity index (χ1v) is 8.52. The molecule has 3 N–H and O–H groups in total. The van der Waals surface area contributed by atoms with Gasteiger partial charge in [-0.1, -0.05) is 6.07 Å². The molecule has 1 aliphatic heterocycles. The van der Waals surface area contributed by atoms with Crippen molar-refractivity contribution >= 4 is 15.7 Å². The maximum absolute atomic E-state index is 12.3. The quantitative estimate of drug-likeness (QED) is 0.771. The highest BCUT2D eigenvalue weighted by molar-refractivity contribution is 7.89. The molecule has 0 amide bonds. The second-order valence-electron chi connectivity index (χ2n) is 5.77. The zero-order valence-electron chi connectivity index (χ0n) is 12.8. The van der Waals surface area contributed by atoms with Crippen LogP contribution in [0.1, 0.15) is 5.56 Å². The highest BCUT2D eigenvalue weighted by Gasteiger charge is 2.24. The molecule has 1 atom stereocenters. The number of hydrogen-bond donors (Lipinski definition) is 2. The Morgan fingerprint density at radius 3 is 2.71 bits per heavy atom. The summed E-state index contributed by atoms with van der Waals surface area (Å²) in [4.78, 5) is 4.62. The Balaban J connectivity index is 2.05. The average molecular weight is 312 g/mol. The lowest BCUT2D eigenvalue weighted by atomic mass is 10.2. The third-order valence-corrected chi connectivity index (χ3v) is 5.47. The third kappa shape index (κ3) is 3.94. The molecule has 0 bridgehead atoms. The van der Waals surface area contributed by atoms with E-state index in [1.54, 1.807) is 12.1 Å². The lowest BCUT2D eigenvalue weighted by Crippen LogP contribution is -2.54. The molecular weight excluding hydrogens is 288 g/mol. The molecule has 0 saturated carbocycles. The van der Waals surface area contributed by atoms with Crippen molar-refractivity contribution in [3.63, 3.8) is 0 Å². The van der Waals surface area contributed by atoms with E-state index < -0.39 is 10.0 Å². The Labute approximate surface area is 127 Å². The molecule has 1 fully saturated rings. The van der Waals surface area contributed by atoms with Crippen LogP contribution in [-0.4, -0.2) is 64.5 Å². The molecule has 0 aromatic heterocycles. The fourth-order valence-electron chi connectivity index (χ4n) is 2.40. The molecule has 0 spiro atoms. The van der Waals surface area contributed by atoms with Crippen molar-refractivity contribution in [2.75, 3.05) is 46.0 Å². The number of piperazine rings is 1. The van der Waals surface area contributed by atoms with Crippen molar-refractivity contribution in [3.8, 4) is 0 Å². The van der Waals surface area contributed by atoms with Gasteiger partial charge in [-0.2, -0.15) is 0 Å². The minimum atomic E-state index is -3.52. The van der Waals surface area contributed by atoms with E-state index in [0.29, 0.717) is 12.2 Å². The van der Waals surface area contributed by atoms with Crippen LogP contribution >= 0.6 is 0 Å². The molecule has 1 heterocycles. The molecule has 1 aromatic carbocycles. The Morgan fingerprint density at radius 1 is 1.33 bits per heavy atom. The number of anilines is 1. The van der Waals surface area contributed by atoms with Crippen LogP contribution in [-0.2, 0) is 10.0 Å². The number of nitrogens with one attached hydrogen (secondary N) is 1. The van der Waals surface area contributed by atoms with Crippen LogP contribution in [0, 0.1) is 6.92 Å². The fraction of sp³-hybridized carbons (Fsp3) is 0.571. The predicted molar refractivity (Wildman–Crippen MR) is 84.7 cm³/mol. The molecule has 118 valence electrons. The minimum Gasteiger partial charge on any atom is -0.398 e. The van der Waals surface area contributed by atoms with Crippen molar-refractivity contribution in [2.45, 2.75) is 17.9 Å². The van der Waals surface area contributed by atoms with Crippen LogP contribution in [0.2, 0.25) is 0 Å². The van der Waals surface area contributed by atoms with Crippen molar-refractivity contribution in [1.29, 1.82) is 0 Å². The molecule has 1 unspecified atom stereocenters. The number of nitrogen functional groups attached to an aromatic ring is 1. The zero-order chi connectivity index (χ0) is 15.6. The van der Waals surface area contributed by atoms with E-state index >= 15 is 0 Å². The predicted octanol–water partition coefficient (Wildman–Crippen LogP) is 0.101. The number of likely N-dealkylation sites (N-methyl/N-ethyl adjacent to an activating group) is 2. The van der Waals surface area contributed by atoms with Gasteiger partial charge in [0.1, 0.15) is 0 Å². The first-order valence-electron chi connectivity index (χ1n) is 7.04. The molecule has 1 aliphatic rings. The van der Waals surface area contributed by atoms with Gasteiger partial charge in [0.15, 0.2) is 0 Å². The van der Waals surface area contributed by atoms with Crippen LogP contribution in [0.5, 0.6) is 0 Å². The van der Waals surface area contributed by atoms with Crippen molar-refractivity contribution in [1.82, 2.24) is 14.5 Å². The van der Waals surface area contributed by atoms with Gasteiger partial charge in [0.05, 0.1) is 4.90 Å². The largest absolute Gasteiger partial charge is 0.398 e. The summed E-state index contributed by atoms with van der Waals surface area (Å²) in [6.07, 6.45) is 0. The topological polar surface area (TPSA) is 78.7 Å². The zero-order valence-corrected chi connectivity index (χ0v) is 13.7. The molecule has 1 aromatic rings. The van der Waals surface area contributed by atoms with E-state index in [1.165, 1.54) is 6.07 Å². The van der Waals surface area contributed by atoms with Gasteiger partial charge >= 0.3 is 0 Å².